The van der Waals surface area contributed by atoms with Gasteiger partial charge in [-0.1, -0.05) is 17.7 Å². The van der Waals surface area contributed by atoms with E-state index in [1.807, 2.05) is 41.8 Å². The third-order valence-electron chi connectivity index (χ3n) is 2.32. The molecule has 0 saturated carbocycles. The minimum absolute atomic E-state index is 0.235. The number of carbonyl (C=O) groups is 1. The number of nitrogens with zero attached hydrogens (tertiary/aromatic N) is 1. The molecule has 1 aromatic carbocycles. The van der Waals surface area contributed by atoms with Crippen LogP contribution in [0.3, 0.4) is 0 Å². The van der Waals surface area contributed by atoms with Crippen molar-refractivity contribution in [2.75, 3.05) is 25.6 Å². The van der Waals surface area contributed by atoms with Crippen LogP contribution in [-0.2, 0) is 9.63 Å². The first-order chi connectivity index (χ1) is 8.19. The number of para-hydroxylation sites is 2. The molecule has 0 aliphatic rings. The Labute approximate surface area is 100 Å². The molecule has 0 aliphatic carbocycles. The summed E-state index contributed by atoms with van der Waals surface area (Å²) in [6, 6.07) is 7.59. The Kier molecular flexibility index (Phi) is 5.25. The van der Waals surface area contributed by atoms with Crippen LogP contribution in [-0.4, -0.2) is 26.7 Å². The lowest BCUT2D eigenvalue weighted by atomic mass is 10.2. The van der Waals surface area contributed by atoms with Gasteiger partial charge in [0.25, 0.3) is 0 Å². The van der Waals surface area contributed by atoms with Gasteiger partial charge in [-0.2, -0.15) is 0 Å². The second-order valence-electron chi connectivity index (χ2n) is 3.44. The number of benzene rings is 1. The van der Waals surface area contributed by atoms with E-state index in [4.69, 9.17) is 10.6 Å². The number of carbonyl (C=O) groups excluding carboxylic acids is 1. The van der Waals surface area contributed by atoms with Gasteiger partial charge in [-0.3, -0.25) is 4.79 Å². The van der Waals surface area contributed by atoms with Crippen molar-refractivity contribution in [2.45, 2.75) is 6.42 Å². The molecule has 6 heteroatoms. The zero-order valence-electron chi connectivity index (χ0n) is 9.97. The number of rotatable bonds is 6. The normalized spacial score (nSPS) is 9.82. The topological polar surface area (TPSA) is 76.8 Å². The van der Waals surface area contributed by atoms with Crippen LogP contribution in [0.1, 0.15) is 6.42 Å². The largest absolute Gasteiger partial charge is 0.495 e. The highest BCUT2D eigenvalue weighted by atomic mass is 16.7. The highest BCUT2D eigenvalue weighted by Gasteiger charge is 2.09. The monoisotopic (exact) mass is 239 g/mol. The standard InChI is InChI=1S/C11H17N3O3/c1-14(8-7-11(15)17-13-12)9-5-3-4-6-10(9)16-2/h3-6,13H,7-8,12H2,1-2H3. The molecular weight excluding hydrogens is 222 g/mol. The molecule has 0 atom stereocenters. The Bertz CT molecular complexity index is 371. The van der Waals surface area contributed by atoms with Crippen LogP contribution in [0.2, 0.25) is 0 Å². The predicted molar refractivity (Wildman–Crippen MR) is 64.3 cm³/mol. The van der Waals surface area contributed by atoms with Crippen molar-refractivity contribution in [3.63, 3.8) is 0 Å². The zero-order valence-corrected chi connectivity index (χ0v) is 9.97. The summed E-state index contributed by atoms with van der Waals surface area (Å²) in [6.07, 6.45) is 0.235. The highest BCUT2D eigenvalue weighted by Crippen LogP contribution is 2.26. The molecule has 0 radical (unpaired) electrons. The van der Waals surface area contributed by atoms with E-state index >= 15 is 0 Å². The highest BCUT2D eigenvalue weighted by molar-refractivity contribution is 5.70. The molecule has 0 bridgehead atoms. The number of anilines is 1. The minimum Gasteiger partial charge on any atom is -0.495 e. The molecule has 0 fully saturated rings. The zero-order chi connectivity index (χ0) is 12.7. The molecule has 0 unspecified atom stereocenters. The summed E-state index contributed by atoms with van der Waals surface area (Å²) in [5.41, 5.74) is 2.78. The van der Waals surface area contributed by atoms with E-state index in [-0.39, 0.29) is 6.42 Å². The Hall–Kier alpha value is -1.79. The molecular formula is C11H17N3O3. The average molecular weight is 239 g/mol. The lowest BCUT2D eigenvalue weighted by molar-refractivity contribution is -0.150. The lowest BCUT2D eigenvalue weighted by Gasteiger charge is -2.20. The smallest absolute Gasteiger partial charge is 0.328 e. The van der Waals surface area contributed by atoms with Gasteiger partial charge in [0.15, 0.2) is 0 Å². The van der Waals surface area contributed by atoms with Crippen molar-refractivity contribution in [1.82, 2.24) is 5.59 Å². The first-order valence-corrected chi connectivity index (χ1v) is 5.18. The summed E-state index contributed by atoms with van der Waals surface area (Å²) in [5.74, 6) is 5.22. The van der Waals surface area contributed by atoms with Crippen LogP contribution >= 0.6 is 0 Å². The van der Waals surface area contributed by atoms with Gasteiger partial charge in [-0.15, -0.1) is 0 Å². The Morgan fingerprint density at radius 2 is 2.18 bits per heavy atom. The molecule has 1 rings (SSSR count). The molecule has 0 aliphatic heterocycles. The molecule has 3 N–H and O–H groups in total. The Morgan fingerprint density at radius 1 is 1.47 bits per heavy atom. The molecule has 17 heavy (non-hydrogen) atoms. The van der Waals surface area contributed by atoms with E-state index in [0.717, 1.165) is 11.4 Å². The number of nitrogens with one attached hydrogen (secondary N) is 1. The molecule has 0 saturated heterocycles. The molecule has 94 valence electrons. The summed E-state index contributed by atoms with van der Waals surface area (Å²) in [4.78, 5) is 17.4. The van der Waals surface area contributed by atoms with Gasteiger partial charge in [0.1, 0.15) is 5.75 Å². The second kappa shape index (κ2) is 6.72. The van der Waals surface area contributed by atoms with E-state index in [2.05, 4.69) is 4.84 Å². The number of hydrogen-bond acceptors (Lipinski definition) is 6. The average Bonchev–Trinajstić information content (AvgIpc) is 2.36. The summed E-state index contributed by atoms with van der Waals surface area (Å²) in [5, 5.41) is 0. The van der Waals surface area contributed by atoms with Gasteiger partial charge >= 0.3 is 5.97 Å². The molecule has 1 aromatic rings. The van der Waals surface area contributed by atoms with Crippen molar-refractivity contribution in [3.8, 4) is 5.75 Å². The molecule has 0 heterocycles. The van der Waals surface area contributed by atoms with Crippen LogP contribution in [0, 0.1) is 0 Å². The van der Waals surface area contributed by atoms with Crippen LogP contribution in [0.25, 0.3) is 0 Å². The maximum absolute atomic E-state index is 11.1. The molecule has 6 nitrogen and oxygen atoms in total. The summed E-state index contributed by atoms with van der Waals surface area (Å²) >= 11 is 0. The van der Waals surface area contributed by atoms with Gasteiger partial charge in [0.05, 0.1) is 19.2 Å². The molecule has 0 amide bonds. The van der Waals surface area contributed by atoms with Gasteiger partial charge in [-0.05, 0) is 12.1 Å². The summed E-state index contributed by atoms with van der Waals surface area (Å²) in [7, 11) is 3.49. The molecule has 0 aromatic heterocycles. The van der Waals surface area contributed by atoms with Crippen LogP contribution in [0.15, 0.2) is 24.3 Å². The molecule has 0 spiro atoms. The fourth-order valence-electron chi connectivity index (χ4n) is 1.44. The van der Waals surface area contributed by atoms with Gasteiger partial charge in [0, 0.05) is 13.6 Å². The maximum Gasteiger partial charge on any atom is 0.328 e. The Morgan fingerprint density at radius 3 is 2.82 bits per heavy atom. The van der Waals surface area contributed by atoms with Crippen molar-refractivity contribution >= 4 is 11.7 Å². The first-order valence-electron chi connectivity index (χ1n) is 5.18. The first kappa shape index (κ1) is 13.3. The van der Waals surface area contributed by atoms with E-state index in [1.54, 1.807) is 7.11 Å². The Balaban J connectivity index is 2.57. The summed E-state index contributed by atoms with van der Waals surface area (Å²) in [6.45, 7) is 0.515. The van der Waals surface area contributed by atoms with E-state index in [9.17, 15) is 4.79 Å². The predicted octanol–water partition coefficient (Wildman–Crippen LogP) is 0.443. The van der Waals surface area contributed by atoms with Crippen molar-refractivity contribution in [1.29, 1.82) is 0 Å². The van der Waals surface area contributed by atoms with Crippen LogP contribution in [0.4, 0.5) is 5.69 Å². The number of methoxy groups -OCH3 is 1. The van der Waals surface area contributed by atoms with Crippen LogP contribution < -0.4 is 21.1 Å². The van der Waals surface area contributed by atoms with Crippen molar-refractivity contribution < 1.29 is 14.4 Å². The van der Waals surface area contributed by atoms with Gasteiger partial charge in [0.2, 0.25) is 0 Å². The fourth-order valence-corrected chi connectivity index (χ4v) is 1.44. The third-order valence-corrected chi connectivity index (χ3v) is 2.32. The van der Waals surface area contributed by atoms with E-state index < -0.39 is 5.97 Å². The number of hydrazine groups is 1. The maximum atomic E-state index is 11.1. The number of nitrogens with two attached hydrogens (primary N) is 1. The summed E-state index contributed by atoms with van der Waals surface area (Å²) < 4.78 is 5.23. The van der Waals surface area contributed by atoms with Crippen molar-refractivity contribution in [3.05, 3.63) is 24.3 Å². The van der Waals surface area contributed by atoms with E-state index in [0.29, 0.717) is 6.54 Å². The van der Waals surface area contributed by atoms with Gasteiger partial charge in [-0.25, -0.2) is 5.84 Å². The second-order valence-corrected chi connectivity index (χ2v) is 3.44. The van der Waals surface area contributed by atoms with Crippen molar-refractivity contribution in [2.24, 2.45) is 5.84 Å². The third kappa shape index (κ3) is 3.93. The number of ether oxygens (including phenoxy) is 1. The number of hydrogen-bond donors (Lipinski definition) is 2. The van der Waals surface area contributed by atoms with Crippen LogP contribution in [0.5, 0.6) is 5.75 Å². The minimum atomic E-state index is -0.408. The SMILES string of the molecule is COc1ccccc1N(C)CCC(=O)ONN. The fraction of sp³-hybridized carbons (Fsp3) is 0.364. The van der Waals surface area contributed by atoms with Gasteiger partial charge < -0.3 is 14.5 Å². The quantitative estimate of drug-likeness (QED) is 0.554. The van der Waals surface area contributed by atoms with E-state index in [1.165, 1.54) is 0 Å². The lowest BCUT2D eigenvalue weighted by Crippen LogP contribution is -2.29.